The van der Waals surface area contributed by atoms with Gasteiger partial charge < -0.3 is 10.3 Å². The summed E-state index contributed by atoms with van der Waals surface area (Å²) in [6.07, 6.45) is 0.788. The molecule has 3 aromatic rings. The standard InChI is InChI=1S/C20H19ClN2O2/c1-13-2-7-18-16(10-13)12-15(20(25)23-18)8-9-22-19(24)11-14-3-5-17(21)6-4-14/h2-7,10,12H,8-9,11H2,1H3,(H,22,24)(H,23,25). The van der Waals surface area contributed by atoms with Crippen LogP contribution in [0.4, 0.5) is 0 Å². The number of hydrogen-bond donors (Lipinski definition) is 2. The summed E-state index contributed by atoms with van der Waals surface area (Å²) in [7, 11) is 0. The van der Waals surface area contributed by atoms with Crippen molar-refractivity contribution >= 4 is 28.4 Å². The van der Waals surface area contributed by atoms with E-state index in [0.29, 0.717) is 30.0 Å². The molecule has 0 saturated carbocycles. The third-order valence-electron chi connectivity index (χ3n) is 4.07. The summed E-state index contributed by atoms with van der Waals surface area (Å²) in [5, 5.41) is 4.51. The third-order valence-corrected chi connectivity index (χ3v) is 4.32. The number of rotatable bonds is 5. The van der Waals surface area contributed by atoms with Gasteiger partial charge in [-0.25, -0.2) is 0 Å². The second kappa shape index (κ2) is 7.53. The summed E-state index contributed by atoms with van der Waals surface area (Å²) in [5.41, 5.74) is 3.43. The van der Waals surface area contributed by atoms with Crippen molar-refractivity contribution in [1.82, 2.24) is 10.3 Å². The van der Waals surface area contributed by atoms with Crippen LogP contribution in [0.25, 0.3) is 10.9 Å². The zero-order valence-electron chi connectivity index (χ0n) is 13.9. The van der Waals surface area contributed by atoms with E-state index in [1.54, 1.807) is 12.1 Å². The van der Waals surface area contributed by atoms with Crippen LogP contribution in [0.15, 0.2) is 53.3 Å². The van der Waals surface area contributed by atoms with Crippen molar-refractivity contribution in [2.75, 3.05) is 6.54 Å². The van der Waals surface area contributed by atoms with Gasteiger partial charge in [0.1, 0.15) is 0 Å². The van der Waals surface area contributed by atoms with Gasteiger partial charge >= 0.3 is 0 Å². The molecule has 1 aromatic heterocycles. The van der Waals surface area contributed by atoms with E-state index in [4.69, 9.17) is 11.6 Å². The Balaban J connectivity index is 1.60. The van der Waals surface area contributed by atoms with Crippen molar-refractivity contribution in [1.29, 1.82) is 0 Å². The molecule has 0 saturated heterocycles. The van der Waals surface area contributed by atoms with E-state index in [0.717, 1.165) is 22.0 Å². The van der Waals surface area contributed by atoms with E-state index < -0.39 is 0 Å². The number of hydrogen-bond acceptors (Lipinski definition) is 2. The van der Waals surface area contributed by atoms with Crippen LogP contribution in [0.5, 0.6) is 0 Å². The van der Waals surface area contributed by atoms with Crippen LogP contribution in [0.1, 0.15) is 16.7 Å². The summed E-state index contributed by atoms with van der Waals surface area (Å²) in [6, 6.07) is 15.0. The van der Waals surface area contributed by atoms with Gasteiger partial charge in [0.05, 0.1) is 6.42 Å². The van der Waals surface area contributed by atoms with Crippen molar-refractivity contribution in [3.63, 3.8) is 0 Å². The molecule has 0 radical (unpaired) electrons. The van der Waals surface area contributed by atoms with E-state index in [1.807, 2.05) is 43.3 Å². The predicted octanol–water partition coefficient (Wildman–Crippen LogP) is 3.39. The molecule has 0 aliphatic carbocycles. The molecular formula is C20H19ClN2O2. The Bertz CT molecular complexity index is 962. The number of aromatic nitrogens is 1. The summed E-state index contributed by atoms with van der Waals surface area (Å²) >= 11 is 5.83. The Morgan fingerprint density at radius 1 is 1.12 bits per heavy atom. The van der Waals surface area contributed by atoms with Gasteiger partial charge in [0.2, 0.25) is 5.91 Å². The molecule has 2 N–H and O–H groups in total. The van der Waals surface area contributed by atoms with Gasteiger partial charge in [-0.2, -0.15) is 0 Å². The fourth-order valence-corrected chi connectivity index (χ4v) is 2.87. The second-order valence-corrected chi connectivity index (χ2v) is 6.55. The highest BCUT2D eigenvalue weighted by molar-refractivity contribution is 6.30. The van der Waals surface area contributed by atoms with Crippen molar-refractivity contribution in [2.45, 2.75) is 19.8 Å². The first-order chi connectivity index (χ1) is 12.0. The van der Waals surface area contributed by atoms with E-state index in [-0.39, 0.29) is 11.5 Å². The molecule has 4 nitrogen and oxygen atoms in total. The first kappa shape index (κ1) is 17.2. The number of pyridine rings is 1. The fourth-order valence-electron chi connectivity index (χ4n) is 2.74. The highest BCUT2D eigenvalue weighted by Gasteiger charge is 2.06. The topological polar surface area (TPSA) is 62.0 Å². The summed E-state index contributed by atoms with van der Waals surface area (Å²) in [4.78, 5) is 27.0. The van der Waals surface area contributed by atoms with Crippen molar-refractivity contribution in [2.24, 2.45) is 0 Å². The molecule has 0 aliphatic heterocycles. The molecule has 0 bridgehead atoms. The highest BCUT2D eigenvalue weighted by Crippen LogP contribution is 2.13. The molecule has 3 rings (SSSR count). The molecule has 128 valence electrons. The van der Waals surface area contributed by atoms with E-state index >= 15 is 0 Å². The molecule has 25 heavy (non-hydrogen) atoms. The lowest BCUT2D eigenvalue weighted by Crippen LogP contribution is -2.28. The van der Waals surface area contributed by atoms with Gasteiger partial charge in [0.15, 0.2) is 0 Å². The largest absolute Gasteiger partial charge is 0.355 e. The van der Waals surface area contributed by atoms with Crippen molar-refractivity contribution in [3.8, 4) is 0 Å². The Morgan fingerprint density at radius 3 is 2.64 bits per heavy atom. The maximum Gasteiger partial charge on any atom is 0.251 e. The molecule has 5 heteroatoms. The first-order valence-corrected chi connectivity index (χ1v) is 8.53. The number of halogens is 1. The Hall–Kier alpha value is -2.59. The average Bonchev–Trinajstić information content (AvgIpc) is 2.58. The van der Waals surface area contributed by atoms with Crippen LogP contribution in [0.2, 0.25) is 5.02 Å². The number of amides is 1. The van der Waals surface area contributed by atoms with Crippen LogP contribution < -0.4 is 10.9 Å². The quantitative estimate of drug-likeness (QED) is 0.737. The second-order valence-electron chi connectivity index (χ2n) is 6.12. The van der Waals surface area contributed by atoms with Crippen molar-refractivity contribution < 1.29 is 4.79 Å². The number of carbonyl (C=O) groups excluding carboxylic acids is 1. The smallest absolute Gasteiger partial charge is 0.251 e. The van der Waals surface area contributed by atoms with E-state index in [9.17, 15) is 9.59 Å². The number of carbonyl (C=O) groups is 1. The predicted molar refractivity (Wildman–Crippen MR) is 101 cm³/mol. The minimum absolute atomic E-state index is 0.0737. The zero-order chi connectivity index (χ0) is 17.8. The number of aryl methyl sites for hydroxylation is 1. The van der Waals surface area contributed by atoms with E-state index in [2.05, 4.69) is 10.3 Å². The molecule has 1 amide bonds. The molecule has 0 atom stereocenters. The number of nitrogens with one attached hydrogen (secondary N) is 2. The molecular weight excluding hydrogens is 336 g/mol. The maximum absolute atomic E-state index is 12.1. The van der Waals surface area contributed by atoms with Gasteiger partial charge in [-0.05, 0) is 54.6 Å². The van der Waals surface area contributed by atoms with Gasteiger partial charge in [0.25, 0.3) is 5.56 Å². The lowest BCUT2D eigenvalue weighted by Gasteiger charge is -2.07. The number of benzene rings is 2. The minimum atomic E-state index is -0.108. The molecule has 0 unspecified atom stereocenters. The minimum Gasteiger partial charge on any atom is -0.355 e. The molecule has 0 fully saturated rings. The van der Waals surface area contributed by atoms with Crippen LogP contribution >= 0.6 is 11.6 Å². The van der Waals surface area contributed by atoms with Crippen LogP contribution in [-0.2, 0) is 17.6 Å². The monoisotopic (exact) mass is 354 g/mol. The van der Waals surface area contributed by atoms with Crippen LogP contribution in [0.3, 0.4) is 0 Å². The van der Waals surface area contributed by atoms with Gasteiger partial charge in [-0.15, -0.1) is 0 Å². The van der Waals surface area contributed by atoms with Gasteiger partial charge in [-0.3, -0.25) is 9.59 Å². The Labute approximate surface area is 150 Å². The molecule has 1 heterocycles. The van der Waals surface area contributed by atoms with Crippen LogP contribution in [0, 0.1) is 6.92 Å². The molecule has 0 aliphatic rings. The van der Waals surface area contributed by atoms with Crippen molar-refractivity contribution in [3.05, 3.63) is 80.6 Å². The number of fused-ring (bicyclic) bond motifs is 1. The van der Waals surface area contributed by atoms with E-state index in [1.165, 1.54) is 0 Å². The molecule has 2 aromatic carbocycles. The number of aromatic amines is 1. The lowest BCUT2D eigenvalue weighted by atomic mass is 10.1. The summed E-state index contributed by atoms with van der Waals surface area (Å²) in [5.74, 6) is -0.0737. The number of H-pyrrole nitrogens is 1. The fraction of sp³-hybridized carbons (Fsp3) is 0.200. The third kappa shape index (κ3) is 4.48. The SMILES string of the molecule is Cc1ccc2[nH]c(=O)c(CCNC(=O)Cc3ccc(Cl)cc3)cc2c1. The lowest BCUT2D eigenvalue weighted by molar-refractivity contribution is -0.120. The van der Waals surface area contributed by atoms with Crippen LogP contribution in [-0.4, -0.2) is 17.4 Å². The summed E-state index contributed by atoms with van der Waals surface area (Å²) < 4.78 is 0. The van der Waals surface area contributed by atoms with Gasteiger partial charge in [0, 0.05) is 22.6 Å². The zero-order valence-corrected chi connectivity index (χ0v) is 14.7. The average molecular weight is 355 g/mol. The Kier molecular flexibility index (Phi) is 5.19. The normalized spacial score (nSPS) is 10.8. The Morgan fingerprint density at radius 2 is 1.88 bits per heavy atom. The maximum atomic E-state index is 12.1. The highest BCUT2D eigenvalue weighted by atomic mass is 35.5. The van der Waals surface area contributed by atoms with Gasteiger partial charge in [-0.1, -0.05) is 35.4 Å². The first-order valence-electron chi connectivity index (χ1n) is 8.15. The molecule has 0 spiro atoms. The summed E-state index contributed by atoms with van der Waals surface area (Å²) in [6.45, 7) is 2.44.